The molecule has 0 bridgehead atoms. The number of hydrogen-bond acceptors (Lipinski definition) is 8. The normalized spacial score (nSPS) is 18.3. The van der Waals surface area contributed by atoms with Crippen molar-refractivity contribution >= 4 is 22.9 Å². The second-order valence-corrected chi connectivity index (χ2v) is 13.8. The van der Waals surface area contributed by atoms with Crippen LogP contribution in [-0.2, 0) is 24.3 Å². The number of nitrogens with zero attached hydrogens (tertiary/aromatic N) is 5. The molecule has 2 fully saturated rings. The molecule has 5 aromatic rings. The molecule has 0 radical (unpaired) electrons. The van der Waals surface area contributed by atoms with Crippen molar-refractivity contribution in [2.45, 2.75) is 51.2 Å². The summed E-state index contributed by atoms with van der Waals surface area (Å²) in [6.45, 7) is 4.81. The van der Waals surface area contributed by atoms with Crippen molar-refractivity contribution in [2.75, 3.05) is 52.4 Å². The molecule has 1 N–H and O–H groups in total. The van der Waals surface area contributed by atoms with Gasteiger partial charge in [-0.15, -0.1) is 0 Å². The zero-order valence-corrected chi connectivity index (χ0v) is 29.9. The highest BCUT2D eigenvalue weighted by Gasteiger charge is 2.46. The lowest BCUT2D eigenvalue weighted by Crippen LogP contribution is -2.46. The Morgan fingerprint density at radius 1 is 0.843 bits per heavy atom. The van der Waals surface area contributed by atoms with E-state index < -0.39 is 5.41 Å². The van der Waals surface area contributed by atoms with Crippen molar-refractivity contribution in [3.8, 4) is 17.2 Å². The molecule has 10 nitrogen and oxygen atoms in total. The van der Waals surface area contributed by atoms with Gasteiger partial charge in [-0.05, 0) is 91.7 Å². The van der Waals surface area contributed by atoms with Crippen molar-refractivity contribution in [1.29, 1.82) is 0 Å². The summed E-state index contributed by atoms with van der Waals surface area (Å²) in [6.07, 6.45) is 8.14. The molecule has 0 spiro atoms. The number of hydrogen-bond donors (Lipinski definition) is 1. The Morgan fingerprint density at radius 3 is 2.24 bits per heavy atom. The predicted molar refractivity (Wildman–Crippen MR) is 199 cm³/mol. The van der Waals surface area contributed by atoms with E-state index in [1.165, 1.54) is 11.1 Å². The zero-order valence-electron chi connectivity index (χ0n) is 29.9. The lowest BCUT2D eigenvalue weighted by Gasteiger charge is -2.39. The average Bonchev–Trinajstić information content (AvgIpc) is 3.74. The molecule has 1 amide bonds. The summed E-state index contributed by atoms with van der Waals surface area (Å²) in [5.41, 5.74) is 4.95. The molecule has 3 aromatic carbocycles. The maximum Gasteiger partial charge on any atom is 0.229 e. The third-order valence-electron chi connectivity index (χ3n) is 10.7. The highest BCUT2D eigenvalue weighted by atomic mass is 16.5. The average molecular weight is 689 g/mol. The molecule has 266 valence electrons. The number of likely N-dealkylation sites (tertiary alicyclic amines) is 2. The fourth-order valence-electron chi connectivity index (χ4n) is 7.93. The first kappa shape index (κ1) is 34.4. The maximum absolute atomic E-state index is 14.5. The number of piperidine rings is 1. The molecule has 2 saturated heterocycles. The van der Waals surface area contributed by atoms with Crippen molar-refractivity contribution in [1.82, 2.24) is 24.8 Å². The summed E-state index contributed by atoms with van der Waals surface area (Å²) in [7, 11) is 4.84. The molecule has 51 heavy (non-hydrogen) atoms. The fourth-order valence-corrected chi connectivity index (χ4v) is 7.93. The third-order valence-corrected chi connectivity index (χ3v) is 10.7. The largest absolute Gasteiger partial charge is 0.493 e. The predicted octanol–water partition coefficient (Wildman–Crippen LogP) is 6.51. The Hall–Kier alpha value is -5.09. The summed E-state index contributed by atoms with van der Waals surface area (Å²) in [5.74, 6) is 2.88. The van der Waals surface area contributed by atoms with E-state index in [0.717, 1.165) is 80.8 Å². The van der Waals surface area contributed by atoms with Gasteiger partial charge in [0, 0.05) is 51.2 Å². The van der Waals surface area contributed by atoms with Gasteiger partial charge in [-0.1, -0.05) is 42.5 Å². The standard InChI is InChI=1S/C41H48N6O4/c1-49-36-25-32(26-37(50-2)38(36)51-3)28-46-24-18-41(39(46)48,27-30-9-5-4-6-10-30)17-23-45-21-15-33(16-22-45)47(29-31-13-19-42-20-14-31)40-43-34-11-7-8-12-35(34)44-40/h4-14,19-20,25-26,33H,15-18,21-24,27-29H2,1-3H3,(H,43,44). The Balaban J connectivity index is 1.05. The van der Waals surface area contributed by atoms with Crippen LogP contribution in [0.4, 0.5) is 5.95 Å². The summed E-state index contributed by atoms with van der Waals surface area (Å²) in [4.78, 5) is 34.3. The molecule has 4 heterocycles. The molecule has 1 unspecified atom stereocenters. The Bertz CT molecular complexity index is 1850. The number of imidazole rings is 1. The van der Waals surface area contributed by atoms with E-state index in [1.807, 2.05) is 47.6 Å². The van der Waals surface area contributed by atoms with E-state index in [0.29, 0.717) is 36.4 Å². The Labute approximate surface area is 300 Å². The lowest BCUT2D eigenvalue weighted by molar-refractivity contribution is -0.137. The number of H-pyrrole nitrogens is 1. The number of benzene rings is 3. The van der Waals surface area contributed by atoms with Gasteiger partial charge in [0.2, 0.25) is 17.6 Å². The molecule has 0 aliphatic carbocycles. The topological polar surface area (TPSA) is 96.1 Å². The lowest BCUT2D eigenvalue weighted by atomic mass is 9.77. The van der Waals surface area contributed by atoms with E-state index in [2.05, 4.69) is 68.3 Å². The van der Waals surface area contributed by atoms with E-state index in [4.69, 9.17) is 19.2 Å². The van der Waals surface area contributed by atoms with Crippen LogP contribution in [0.5, 0.6) is 17.2 Å². The number of nitrogens with one attached hydrogen (secondary N) is 1. The number of para-hydroxylation sites is 2. The highest BCUT2D eigenvalue weighted by Crippen LogP contribution is 2.42. The first-order valence-electron chi connectivity index (χ1n) is 17.9. The summed E-state index contributed by atoms with van der Waals surface area (Å²) in [6, 6.07) is 27.1. The van der Waals surface area contributed by atoms with Crippen LogP contribution in [0.1, 0.15) is 42.4 Å². The monoisotopic (exact) mass is 688 g/mol. The summed E-state index contributed by atoms with van der Waals surface area (Å²) < 4.78 is 16.7. The number of carbonyl (C=O) groups excluding carboxylic acids is 1. The van der Waals surface area contributed by atoms with Crippen LogP contribution in [0.3, 0.4) is 0 Å². The summed E-state index contributed by atoms with van der Waals surface area (Å²) in [5, 5.41) is 0. The van der Waals surface area contributed by atoms with Crippen LogP contribution in [0.2, 0.25) is 0 Å². The number of anilines is 1. The maximum atomic E-state index is 14.5. The SMILES string of the molecule is COc1cc(CN2CCC(CCN3CCC(N(Cc4ccncc4)c4nc5ccccc5[nH]4)CC3)(Cc3ccccc3)C2=O)cc(OC)c1OC. The van der Waals surface area contributed by atoms with Gasteiger partial charge in [-0.25, -0.2) is 4.98 Å². The van der Waals surface area contributed by atoms with E-state index in [-0.39, 0.29) is 5.91 Å². The first-order chi connectivity index (χ1) is 25.0. The van der Waals surface area contributed by atoms with Gasteiger partial charge in [-0.3, -0.25) is 9.78 Å². The zero-order chi connectivity index (χ0) is 35.2. The number of methoxy groups -OCH3 is 3. The molecule has 2 aliphatic heterocycles. The Morgan fingerprint density at radius 2 is 1.55 bits per heavy atom. The number of fused-ring (bicyclic) bond motifs is 1. The van der Waals surface area contributed by atoms with Gasteiger partial charge in [0.1, 0.15) is 0 Å². The van der Waals surface area contributed by atoms with Crippen LogP contribution >= 0.6 is 0 Å². The number of carbonyl (C=O) groups is 1. The minimum Gasteiger partial charge on any atom is -0.493 e. The second-order valence-electron chi connectivity index (χ2n) is 13.8. The highest BCUT2D eigenvalue weighted by molar-refractivity contribution is 5.85. The van der Waals surface area contributed by atoms with Gasteiger partial charge in [0.05, 0.1) is 37.8 Å². The molecular formula is C41H48N6O4. The molecule has 2 aliphatic rings. The molecular weight excluding hydrogens is 640 g/mol. The van der Waals surface area contributed by atoms with Crippen LogP contribution in [-0.4, -0.2) is 84.2 Å². The number of ether oxygens (including phenoxy) is 3. The molecule has 7 rings (SSSR count). The minimum atomic E-state index is -0.458. The number of aromatic nitrogens is 3. The van der Waals surface area contributed by atoms with E-state index in [9.17, 15) is 4.79 Å². The van der Waals surface area contributed by atoms with Gasteiger partial charge in [0.25, 0.3) is 0 Å². The van der Waals surface area contributed by atoms with Crippen molar-refractivity contribution in [3.63, 3.8) is 0 Å². The van der Waals surface area contributed by atoms with Gasteiger partial charge in [0.15, 0.2) is 11.5 Å². The van der Waals surface area contributed by atoms with Crippen molar-refractivity contribution < 1.29 is 19.0 Å². The van der Waals surface area contributed by atoms with Crippen molar-refractivity contribution in [3.05, 3.63) is 108 Å². The van der Waals surface area contributed by atoms with Crippen LogP contribution < -0.4 is 19.1 Å². The smallest absolute Gasteiger partial charge is 0.229 e. The van der Waals surface area contributed by atoms with Gasteiger partial charge < -0.3 is 33.9 Å². The molecule has 1 atom stereocenters. The quantitative estimate of drug-likeness (QED) is 0.141. The van der Waals surface area contributed by atoms with Gasteiger partial charge in [-0.2, -0.15) is 0 Å². The van der Waals surface area contributed by atoms with E-state index in [1.54, 1.807) is 21.3 Å². The third kappa shape index (κ3) is 7.51. The van der Waals surface area contributed by atoms with Crippen LogP contribution in [0.15, 0.2) is 91.3 Å². The molecule has 0 saturated carbocycles. The van der Waals surface area contributed by atoms with Crippen molar-refractivity contribution in [2.24, 2.45) is 5.41 Å². The number of rotatable bonds is 14. The van der Waals surface area contributed by atoms with Crippen LogP contribution in [0, 0.1) is 5.41 Å². The van der Waals surface area contributed by atoms with Crippen LogP contribution in [0.25, 0.3) is 11.0 Å². The fraction of sp³-hybridized carbons (Fsp3) is 0.390. The Kier molecular flexibility index (Phi) is 10.4. The summed E-state index contributed by atoms with van der Waals surface area (Å²) >= 11 is 0. The number of amides is 1. The van der Waals surface area contributed by atoms with E-state index >= 15 is 0 Å². The second kappa shape index (κ2) is 15.4. The first-order valence-corrected chi connectivity index (χ1v) is 17.9. The molecule has 10 heteroatoms. The number of aromatic amines is 1. The van der Waals surface area contributed by atoms with Gasteiger partial charge >= 0.3 is 0 Å². The minimum absolute atomic E-state index is 0.225. The number of pyridine rings is 1. The molecule has 2 aromatic heterocycles.